The largest absolute Gasteiger partial charge is 0.367 e. The average molecular weight is 477 g/mol. The monoisotopic (exact) mass is 476 g/mol. The number of fused-ring (bicyclic) bond motifs is 2. The summed E-state index contributed by atoms with van der Waals surface area (Å²) in [4.78, 5) is 31.2. The van der Waals surface area contributed by atoms with Crippen LogP contribution in [0, 0.1) is 12.7 Å². The lowest BCUT2D eigenvalue weighted by Gasteiger charge is -2.38. The number of anilines is 3. The number of hydrogen-bond donors (Lipinski definition) is 2. The Hall–Kier alpha value is -3.79. The van der Waals surface area contributed by atoms with Crippen LogP contribution in [0.1, 0.15) is 29.9 Å². The quantitative estimate of drug-likeness (QED) is 0.467. The van der Waals surface area contributed by atoms with Crippen molar-refractivity contribution in [2.75, 3.05) is 42.3 Å². The summed E-state index contributed by atoms with van der Waals surface area (Å²) in [7, 11) is 3.76. The number of nitrogens with one attached hydrogen (secondary N) is 2. The molecule has 9 nitrogen and oxygen atoms in total. The summed E-state index contributed by atoms with van der Waals surface area (Å²) in [5.41, 5.74) is 3.72. The highest BCUT2D eigenvalue weighted by molar-refractivity contribution is 6.13. The Bertz CT molecular complexity index is 1420. The summed E-state index contributed by atoms with van der Waals surface area (Å²) >= 11 is 0. The molecule has 0 spiro atoms. The lowest BCUT2D eigenvalue weighted by Crippen LogP contribution is -2.54. The van der Waals surface area contributed by atoms with Gasteiger partial charge in [0, 0.05) is 57.7 Å². The topological polar surface area (TPSA) is 90.7 Å². The van der Waals surface area contributed by atoms with Crippen LogP contribution in [-0.4, -0.2) is 64.5 Å². The van der Waals surface area contributed by atoms with Crippen molar-refractivity contribution in [2.45, 2.75) is 32.9 Å². The van der Waals surface area contributed by atoms with Crippen molar-refractivity contribution >= 4 is 39.8 Å². The molecule has 4 aromatic rings. The first-order valence-corrected chi connectivity index (χ1v) is 11.6. The van der Waals surface area contributed by atoms with Crippen LogP contribution in [0.4, 0.5) is 21.6 Å². The van der Waals surface area contributed by atoms with E-state index in [1.165, 1.54) is 6.07 Å². The molecule has 1 amide bonds. The van der Waals surface area contributed by atoms with Gasteiger partial charge in [-0.2, -0.15) is 0 Å². The number of rotatable bonds is 4. The molecule has 4 heterocycles. The summed E-state index contributed by atoms with van der Waals surface area (Å²) in [6.07, 6.45) is 5.07. The Labute approximate surface area is 203 Å². The van der Waals surface area contributed by atoms with Crippen LogP contribution in [0.5, 0.6) is 0 Å². The third-order valence-corrected chi connectivity index (χ3v) is 6.15. The van der Waals surface area contributed by atoms with E-state index in [1.54, 1.807) is 36.0 Å². The van der Waals surface area contributed by atoms with E-state index >= 15 is 0 Å². The number of halogens is 1. The van der Waals surface area contributed by atoms with Gasteiger partial charge in [0.15, 0.2) is 11.5 Å². The van der Waals surface area contributed by atoms with E-state index in [0.717, 1.165) is 18.8 Å². The van der Waals surface area contributed by atoms with Gasteiger partial charge in [-0.1, -0.05) is 0 Å². The van der Waals surface area contributed by atoms with Gasteiger partial charge < -0.3 is 24.8 Å². The molecule has 1 aromatic carbocycles. The number of carbonyl (C=O) groups excluding carboxylic acids is 1. The maximum absolute atomic E-state index is 14.6. The fourth-order valence-electron chi connectivity index (χ4n) is 4.70. The first-order valence-electron chi connectivity index (χ1n) is 11.6. The van der Waals surface area contributed by atoms with Crippen LogP contribution in [0.2, 0.25) is 0 Å². The van der Waals surface area contributed by atoms with Crippen LogP contribution >= 0.6 is 0 Å². The van der Waals surface area contributed by atoms with Gasteiger partial charge in [-0.15, -0.1) is 0 Å². The molecular weight excluding hydrogens is 447 g/mol. The highest BCUT2D eigenvalue weighted by Crippen LogP contribution is 2.30. The molecule has 0 aliphatic carbocycles. The number of benzene rings is 1. The number of aryl methyl sites for hydroxylation is 1. The van der Waals surface area contributed by atoms with Gasteiger partial charge in [0.1, 0.15) is 16.9 Å². The van der Waals surface area contributed by atoms with Gasteiger partial charge in [0.25, 0.3) is 5.91 Å². The molecule has 10 heteroatoms. The van der Waals surface area contributed by atoms with Crippen LogP contribution < -0.4 is 20.4 Å². The molecule has 0 bridgehead atoms. The van der Waals surface area contributed by atoms with Crippen molar-refractivity contribution in [3.63, 3.8) is 0 Å². The first-order chi connectivity index (χ1) is 16.7. The van der Waals surface area contributed by atoms with E-state index in [2.05, 4.69) is 34.4 Å². The minimum Gasteiger partial charge on any atom is -0.367 e. The molecule has 2 atom stereocenters. The number of hydrogen-bond acceptors (Lipinski definition) is 7. The van der Waals surface area contributed by atoms with E-state index in [0.29, 0.717) is 45.9 Å². The van der Waals surface area contributed by atoms with Crippen molar-refractivity contribution in [3.8, 4) is 0 Å². The van der Waals surface area contributed by atoms with Crippen molar-refractivity contribution < 1.29 is 9.18 Å². The predicted molar refractivity (Wildman–Crippen MR) is 136 cm³/mol. The zero-order chi connectivity index (χ0) is 24.9. The number of pyridine rings is 1. The Morgan fingerprint density at radius 3 is 2.60 bits per heavy atom. The highest BCUT2D eigenvalue weighted by Gasteiger charge is 2.25. The standard InChI is InChI=1S/C25H29FN8O/c1-14-10-33(11-15(2)28-14)20-7-6-18(22-23(20)27-9-21(31-22)32(4)5)25(35)30-17-8-19(26)24-29-16(3)12-34(24)13-17/h6-9,12-15,28H,10-11H2,1-5H3,(H,30,35). The van der Waals surface area contributed by atoms with Crippen molar-refractivity contribution in [1.29, 1.82) is 0 Å². The van der Waals surface area contributed by atoms with Gasteiger partial charge in [0.05, 0.1) is 28.8 Å². The number of carbonyl (C=O) groups is 1. The third kappa shape index (κ3) is 4.37. The van der Waals surface area contributed by atoms with E-state index < -0.39 is 5.82 Å². The van der Waals surface area contributed by atoms with Gasteiger partial charge in [0.2, 0.25) is 0 Å². The normalized spacial score (nSPS) is 18.3. The fraction of sp³-hybridized carbons (Fsp3) is 0.360. The molecule has 1 aliphatic rings. The second-order valence-electron chi connectivity index (χ2n) is 9.47. The highest BCUT2D eigenvalue weighted by atomic mass is 19.1. The maximum Gasteiger partial charge on any atom is 0.257 e. The van der Waals surface area contributed by atoms with Gasteiger partial charge >= 0.3 is 0 Å². The molecule has 0 radical (unpaired) electrons. The molecule has 35 heavy (non-hydrogen) atoms. The summed E-state index contributed by atoms with van der Waals surface area (Å²) in [6.45, 7) is 7.75. The summed E-state index contributed by atoms with van der Waals surface area (Å²) < 4.78 is 16.1. The number of nitrogens with zero attached hydrogens (tertiary/aromatic N) is 6. The Kier molecular flexibility index (Phi) is 5.76. The summed E-state index contributed by atoms with van der Waals surface area (Å²) in [5.74, 6) is -0.246. The third-order valence-electron chi connectivity index (χ3n) is 6.15. The van der Waals surface area contributed by atoms with Crippen molar-refractivity contribution in [3.05, 3.63) is 53.9 Å². The van der Waals surface area contributed by atoms with Crippen molar-refractivity contribution in [1.82, 2.24) is 24.7 Å². The lowest BCUT2D eigenvalue weighted by molar-refractivity contribution is 0.102. The number of piperazine rings is 1. The second-order valence-corrected chi connectivity index (χ2v) is 9.47. The van der Waals surface area contributed by atoms with E-state index in [-0.39, 0.29) is 11.6 Å². The van der Waals surface area contributed by atoms with Crippen molar-refractivity contribution in [2.24, 2.45) is 0 Å². The first kappa shape index (κ1) is 23.0. The second kappa shape index (κ2) is 8.77. The summed E-state index contributed by atoms with van der Waals surface area (Å²) in [5, 5.41) is 6.36. The van der Waals surface area contributed by atoms with Crippen LogP contribution in [0.15, 0.2) is 36.8 Å². The average Bonchev–Trinajstić information content (AvgIpc) is 3.18. The molecule has 182 valence electrons. The van der Waals surface area contributed by atoms with Crippen LogP contribution in [0.25, 0.3) is 16.7 Å². The molecule has 0 saturated carbocycles. The van der Waals surface area contributed by atoms with Gasteiger partial charge in [-0.05, 0) is 32.9 Å². The van der Waals surface area contributed by atoms with Crippen LogP contribution in [0.3, 0.4) is 0 Å². The molecule has 1 aliphatic heterocycles. The smallest absolute Gasteiger partial charge is 0.257 e. The zero-order valence-corrected chi connectivity index (χ0v) is 20.5. The SMILES string of the molecule is Cc1cn2cc(NC(=O)c3ccc(N4CC(C)NC(C)C4)c4ncc(N(C)C)nc34)cc(F)c2n1. The van der Waals surface area contributed by atoms with E-state index in [1.807, 2.05) is 25.1 Å². The minimum absolute atomic E-state index is 0.219. The predicted octanol–water partition coefficient (Wildman–Crippen LogP) is 3.23. The van der Waals surface area contributed by atoms with E-state index in [9.17, 15) is 9.18 Å². The molecule has 5 rings (SSSR count). The van der Waals surface area contributed by atoms with E-state index in [4.69, 9.17) is 9.97 Å². The fourth-order valence-corrected chi connectivity index (χ4v) is 4.70. The zero-order valence-electron chi connectivity index (χ0n) is 20.5. The minimum atomic E-state index is -0.507. The van der Waals surface area contributed by atoms with Gasteiger partial charge in [-0.3, -0.25) is 4.79 Å². The molecule has 1 fully saturated rings. The van der Waals surface area contributed by atoms with Crippen LogP contribution in [-0.2, 0) is 0 Å². The lowest BCUT2D eigenvalue weighted by atomic mass is 10.1. The Balaban J connectivity index is 1.56. The molecule has 3 aromatic heterocycles. The number of imidazole rings is 1. The maximum atomic E-state index is 14.6. The Morgan fingerprint density at radius 1 is 1.14 bits per heavy atom. The number of amides is 1. The Morgan fingerprint density at radius 2 is 1.89 bits per heavy atom. The number of aromatic nitrogens is 4. The molecule has 1 saturated heterocycles. The molecule has 2 N–H and O–H groups in total. The molecular formula is C25H29FN8O. The summed E-state index contributed by atoms with van der Waals surface area (Å²) in [6, 6.07) is 5.62. The van der Waals surface area contributed by atoms with Gasteiger partial charge in [-0.25, -0.2) is 19.3 Å². The molecule has 2 unspecified atom stereocenters.